The second-order valence-corrected chi connectivity index (χ2v) is 5.03. The summed E-state index contributed by atoms with van der Waals surface area (Å²) in [5.74, 6) is 0. The fraction of sp³-hybridized carbons (Fsp3) is 0.400. The maximum Gasteiger partial charge on any atom is 0.145 e. The number of rotatable bonds is 2. The van der Waals surface area contributed by atoms with Gasteiger partial charge in [0.2, 0.25) is 0 Å². The van der Waals surface area contributed by atoms with E-state index in [1.54, 1.807) is 18.3 Å². The zero-order valence-corrected chi connectivity index (χ0v) is 8.96. The molecule has 0 spiro atoms. The number of nitriles is 1. The highest BCUT2D eigenvalue weighted by atomic mass is 32.2. The largest absolute Gasteiger partial charge is 0.315 e. The van der Waals surface area contributed by atoms with Crippen molar-refractivity contribution in [2.24, 2.45) is 0 Å². The molecule has 1 aromatic rings. The van der Waals surface area contributed by atoms with Crippen LogP contribution in [0.15, 0.2) is 23.4 Å². The number of hydrogen-bond acceptors (Lipinski definition) is 4. The molecule has 1 aliphatic heterocycles. The van der Waals surface area contributed by atoms with Gasteiger partial charge in [-0.1, -0.05) is 0 Å². The number of nitrogens with zero attached hydrogens (tertiary/aromatic N) is 2. The lowest BCUT2D eigenvalue weighted by Gasteiger charge is -2.08. The van der Waals surface area contributed by atoms with Gasteiger partial charge in [-0.25, -0.2) is 4.98 Å². The van der Waals surface area contributed by atoms with Crippen LogP contribution in [0.3, 0.4) is 0 Å². The Bertz CT molecular complexity index is 421. The van der Waals surface area contributed by atoms with Gasteiger partial charge < -0.3 is 5.32 Å². The summed E-state index contributed by atoms with van der Waals surface area (Å²) in [7, 11) is -1.17. The van der Waals surface area contributed by atoms with Crippen molar-refractivity contribution >= 4 is 10.8 Å². The summed E-state index contributed by atoms with van der Waals surface area (Å²) >= 11 is 0. The summed E-state index contributed by atoms with van der Waals surface area (Å²) in [6, 6.07) is 5.37. The molecule has 78 valence electrons. The van der Waals surface area contributed by atoms with E-state index in [0.29, 0.717) is 10.6 Å². The number of hydrogen-bond donors (Lipinski definition) is 1. The maximum atomic E-state index is 12.1. The average molecular weight is 221 g/mol. The van der Waals surface area contributed by atoms with E-state index in [1.807, 2.05) is 6.07 Å². The van der Waals surface area contributed by atoms with E-state index in [2.05, 4.69) is 10.3 Å². The molecule has 2 heterocycles. The summed E-state index contributed by atoms with van der Waals surface area (Å²) in [6.45, 7) is 1.64. The molecule has 0 aliphatic carbocycles. The van der Waals surface area contributed by atoms with Gasteiger partial charge in [0.1, 0.15) is 11.1 Å². The van der Waals surface area contributed by atoms with Crippen LogP contribution >= 0.6 is 0 Å². The molecule has 1 saturated heterocycles. The Morgan fingerprint density at radius 2 is 2.53 bits per heavy atom. The first-order valence-electron chi connectivity index (χ1n) is 4.79. The summed E-state index contributed by atoms with van der Waals surface area (Å²) in [4.78, 5) is 4.04. The van der Waals surface area contributed by atoms with E-state index >= 15 is 0 Å². The molecule has 1 aromatic heterocycles. The zero-order chi connectivity index (χ0) is 10.7. The van der Waals surface area contributed by atoms with E-state index in [1.165, 1.54) is 0 Å². The van der Waals surface area contributed by atoms with Crippen molar-refractivity contribution in [2.45, 2.75) is 16.7 Å². The van der Waals surface area contributed by atoms with Gasteiger partial charge in [-0.15, -0.1) is 0 Å². The van der Waals surface area contributed by atoms with Crippen LogP contribution in [0.2, 0.25) is 0 Å². The second kappa shape index (κ2) is 4.51. The molecule has 0 unspecified atom stereocenters. The minimum atomic E-state index is -1.17. The van der Waals surface area contributed by atoms with Crippen LogP contribution in [0.4, 0.5) is 0 Å². The standard InChI is InChI=1S/C10H11N3OS/c11-6-8-2-1-4-13-10(8)15(14)9-3-5-12-7-9/h1-2,4,9,12H,3,5,7H2/t9-,15+/m1/s1. The Kier molecular flexibility index (Phi) is 3.09. The molecule has 1 fully saturated rings. The van der Waals surface area contributed by atoms with E-state index in [0.717, 1.165) is 19.5 Å². The molecule has 2 rings (SSSR count). The number of aromatic nitrogens is 1. The van der Waals surface area contributed by atoms with Crippen LogP contribution in [0.25, 0.3) is 0 Å². The highest BCUT2D eigenvalue weighted by Gasteiger charge is 2.24. The molecule has 1 N–H and O–H groups in total. The van der Waals surface area contributed by atoms with Gasteiger partial charge in [0.05, 0.1) is 21.6 Å². The van der Waals surface area contributed by atoms with E-state index < -0.39 is 10.8 Å². The fourth-order valence-corrected chi connectivity index (χ4v) is 3.02. The van der Waals surface area contributed by atoms with Crippen LogP contribution in [0.5, 0.6) is 0 Å². The third-order valence-electron chi connectivity index (χ3n) is 2.40. The lowest BCUT2D eigenvalue weighted by Crippen LogP contribution is -2.20. The van der Waals surface area contributed by atoms with Gasteiger partial charge in [0, 0.05) is 12.7 Å². The Morgan fingerprint density at radius 1 is 1.67 bits per heavy atom. The van der Waals surface area contributed by atoms with Gasteiger partial charge in [0.15, 0.2) is 0 Å². The van der Waals surface area contributed by atoms with E-state index in [9.17, 15) is 4.21 Å². The minimum Gasteiger partial charge on any atom is -0.315 e. The van der Waals surface area contributed by atoms with Crippen molar-refractivity contribution in [1.29, 1.82) is 5.26 Å². The van der Waals surface area contributed by atoms with Crippen LogP contribution in [-0.4, -0.2) is 27.5 Å². The lowest BCUT2D eigenvalue weighted by atomic mass is 10.3. The Balaban J connectivity index is 2.29. The van der Waals surface area contributed by atoms with E-state index in [4.69, 9.17) is 5.26 Å². The predicted molar refractivity (Wildman–Crippen MR) is 56.6 cm³/mol. The fourth-order valence-electron chi connectivity index (χ4n) is 1.60. The first-order chi connectivity index (χ1) is 7.33. The molecular weight excluding hydrogens is 210 g/mol. The predicted octanol–water partition coefficient (Wildman–Crippen LogP) is 0.423. The van der Waals surface area contributed by atoms with E-state index in [-0.39, 0.29) is 5.25 Å². The summed E-state index contributed by atoms with van der Waals surface area (Å²) in [6.07, 6.45) is 2.46. The number of nitrogens with one attached hydrogen (secondary N) is 1. The molecule has 15 heavy (non-hydrogen) atoms. The summed E-state index contributed by atoms with van der Waals surface area (Å²) in [5.41, 5.74) is 0.419. The lowest BCUT2D eigenvalue weighted by molar-refractivity contribution is 0.669. The smallest absolute Gasteiger partial charge is 0.145 e. The molecule has 4 nitrogen and oxygen atoms in total. The van der Waals surface area contributed by atoms with Gasteiger partial charge in [-0.3, -0.25) is 4.21 Å². The van der Waals surface area contributed by atoms with Crippen LogP contribution in [0, 0.1) is 11.3 Å². The van der Waals surface area contributed by atoms with Crippen molar-refractivity contribution in [3.63, 3.8) is 0 Å². The van der Waals surface area contributed by atoms with Gasteiger partial charge in [-0.2, -0.15) is 5.26 Å². The highest BCUT2D eigenvalue weighted by molar-refractivity contribution is 7.85. The monoisotopic (exact) mass is 221 g/mol. The third-order valence-corrected chi connectivity index (χ3v) is 4.11. The third kappa shape index (κ3) is 2.06. The van der Waals surface area contributed by atoms with Crippen molar-refractivity contribution < 1.29 is 4.21 Å². The van der Waals surface area contributed by atoms with Crippen molar-refractivity contribution in [1.82, 2.24) is 10.3 Å². The summed E-state index contributed by atoms with van der Waals surface area (Å²) < 4.78 is 12.1. The first kappa shape index (κ1) is 10.3. The molecule has 0 saturated carbocycles. The topological polar surface area (TPSA) is 65.8 Å². The SMILES string of the molecule is N#Cc1cccnc1[S@@](=O)[C@@H]1CCNC1. The Labute approximate surface area is 90.8 Å². The van der Waals surface area contributed by atoms with Crippen LogP contribution in [0.1, 0.15) is 12.0 Å². The quantitative estimate of drug-likeness (QED) is 0.786. The molecule has 0 amide bonds. The normalized spacial score (nSPS) is 22.2. The molecule has 0 bridgehead atoms. The molecule has 0 radical (unpaired) electrons. The highest BCUT2D eigenvalue weighted by Crippen LogP contribution is 2.16. The average Bonchev–Trinajstić information content (AvgIpc) is 2.81. The van der Waals surface area contributed by atoms with Crippen molar-refractivity contribution in [3.05, 3.63) is 23.9 Å². The minimum absolute atomic E-state index is 0.0898. The Hall–Kier alpha value is -1.25. The second-order valence-electron chi connectivity index (χ2n) is 3.38. The Morgan fingerprint density at radius 3 is 3.20 bits per heavy atom. The van der Waals surface area contributed by atoms with Gasteiger partial charge in [0.25, 0.3) is 0 Å². The first-order valence-corrected chi connectivity index (χ1v) is 6.00. The van der Waals surface area contributed by atoms with Gasteiger partial charge >= 0.3 is 0 Å². The molecular formula is C10H11N3OS. The van der Waals surface area contributed by atoms with Crippen LogP contribution in [-0.2, 0) is 10.8 Å². The van der Waals surface area contributed by atoms with Crippen LogP contribution < -0.4 is 5.32 Å². The summed E-state index contributed by atoms with van der Waals surface area (Å²) in [5, 5.41) is 12.5. The number of pyridine rings is 1. The van der Waals surface area contributed by atoms with Crippen molar-refractivity contribution in [2.75, 3.05) is 13.1 Å². The zero-order valence-electron chi connectivity index (χ0n) is 8.14. The molecule has 5 heteroatoms. The van der Waals surface area contributed by atoms with Gasteiger partial charge in [-0.05, 0) is 25.1 Å². The van der Waals surface area contributed by atoms with Crippen molar-refractivity contribution in [3.8, 4) is 6.07 Å². The molecule has 0 aromatic carbocycles. The molecule has 2 atom stereocenters. The maximum absolute atomic E-state index is 12.1. The molecule has 1 aliphatic rings.